The lowest BCUT2D eigenvalue weighted by Crippen LogP contribution is -2.30. The van der Waals surface area contributed by atoms with Gasteiger partial charge in [-0.05, 0) is 45.4 Å². The van der Waals surface area contributed by atoms with Crippen molar-refractivity contribution < 1.29 is 0 Å². The topological polar surface area (TPSA) is 28.2 Å². The molecule has 0 saturated heterocycles. The van der Waals surface area contributed by atoms with Crippen molar-refractivity contribution in [3.8, 4) is 0 Å². The number of thioether (sulfide) groups is 1. The van der Waals surface area contributed by atoms with E-state index in [2.05, 4.69) is 41.5 Å². The van der Waals surface area contributed by atoms with Crippen LogP contribution in [0, 0.1) is 6.92 Å². The molecule has 18 heavy (non-hydrogen) atoms. The van der Waals surface area contributed by atoms with Gasteiger partial charge in [-0.1, -0.05) is 0 Å². The number of hydrogen-bond donors (Lipinski definition) is 1. The molecule has 1 N–H and O–H groups in total. The molecule has 0 bridgehead atoms. The summed E-state index contributed by atoms with van der Waals surface area (Å²) in [5.41, 5.74) is 3.64. The molecule has 0 saturated carbocycles. The molecule has 1 atom stereocenters. The Bertz CT molecular complexity index is 368. The molecule has 0 fully saturated rings. The number of pyridine rings is 1. The van der Waals surface area contributed by atoms with Gasteiger partial charge in [0.1, 0.15) is 0 Å². The summed E-state index contributed by atoms with van der Waals surface area (Å²) in [6, 6.07) is 2.73. The molecular weight excluding hydrogens is 242 g/mol. The van der Waals surface area contributed by atoms with Gasteiger partial charge in [-0.15, -0.1) is 0 Å². The summed E-state index contributed by atoms with van der Waals surface area (Å²) in [6.07, 6.45) is 5.35. The second kappa shape index (κ2) is 7.64. The molecule has 1 rings (SSSR count). The van der Waals surface area contributed by atoms with E-state index >= 15 is 0 Å². The average Bonchev–Trinajstić information content (AvgIpc) is 2.37. The number of anilines is 1. The lowest BCUT2D eigenvalue weighted by molar-refractivity contribution is 0.662. The Kier molecular flexibility index (Phi) is 6.50. The maximum Gasteiger partial charge on any atom is 0.0445 e. The van der Waals surface area contributed by atoms with Crippen LogP contribution in [0.5, 0.6) is 0 Å². The van der Waals surface area contributed by atoms with Crippen molar-refractivity contribution in [2.24, 2.45) is 0 Å². The van der Waals surface area contributed by atoms with E-state index in [0.29, 0.717) is 6.04 Å². The largest absolute Gasteiger partial charge is 0.371 e. The van der Waals surface area contributed by atoms with Gasteiger partial charge in [0.25, 0.3) is 0 Å². The van der Waals surface area contributed by atoms with Crippen LogP contribution in [-0.2, 0) is 6.54 Å². The minimum atomic E-state index is 0.551. The predicted octanol–water partition coefficient (Wildman–Crippen LogP) is 2.69. The van der Waals surface area contributed by atoms with Crippen molar-refractivity contribution in [3.63, 3.8) is 0 Å². The average molecular weight is 267 g/mol. The van der Waals surface area contributed by atoms with Crippen molar-refractivity contribution in [2.75, 3.05) is 31.0 Å². The number of aryl methyl sites for hydroxylation is 1. The highest BCUT2D eigenvalue weighted by atomic mass is 32.2. The molecule has 0 amide bonds. The van der Waals surface area contributed by atoms with Crippen molar-refractivity contribution in [3.05, 3.63) is 23.5 Å². The third-order valence-electron chi connectivity index (χ3n) is 3.25. The fraction of sp³-hybridized carbons (Fsp3) is 0.643. The van der Waals surface area contributed by atoms with Crippen LogP contribution in [0.15, 0.2) is 12.3 Å². The van der Waals surface area contributed by atoms with Crippen molar-refractivity contribution in [2.45, 2.75) is 32.9 Å². The molecule has 1 unspecified atom stereocenters. The zero-order valence-corrected chi connectivity index (χ0v) is 13.0. The van der Waals surface area contributed by atoms with E-state index in [1.165, 1.54) is 23.4 Å². The highest BCUT2D eigenvalue weighted by molar-refractivity contribution is 7.98. The van der Waals surface area contributed by atoms with Crippen molar-refractivity contribution in [1.29, 1.82) is 0 Å². The first kappa shape index (κ1) is 15.3. The standard InChI is InChI=1S/C14H25N3S/c1-11-8-14(13(9-15-3)10-16-11)17(4)12(2)6-7-18-5/h8,10,12,15H,6-7,9H2,1-5H3. The van der Waals surface area contributed by atoms with Gasteiger partial charge in [0.05, 0.1) is 0 Å². The number of nitrogens with zero attached hydrogens (tertiary/aromatic N) is 2. The highest BCUT2D eigenvalue weighted by Gasteiger charge is 2.13. The minimum absolute atomic E-state index is 0.551. The smallest absolute Gasteiger partial charge is 0.0445 e. The Hall–Kier alpha value is -0.740. The lowest BCUT2D eigenvalue weighted by atomic mass is 10.1. The summed E-state index contributed by atoms with van der Waals surface area (Å²) in [4.78, 5) is 6.76. The van der Waals surface area contributed by atoms with Crippen LogP contribution in [0.4, 0.5) is 5.69 Å². The normalized spacial score (nSPS) is 12.5. The SMILES string of the molecule is CNCc1cnc(C)cc1N(C)C(C)CCSC. The minimum Gasteiger partial charge on any atom is -0.371 e. The second-order valence-electron chi connectivity index (χ2n) is 4.73. The molecular formula is C14H25N3S. The second-order valence-corrected chi connectivity index (χ2v) is 5.71. The molecule has 3 nitrogen and oxygen atoms in total. The van der Waals surface area contributed by atoms with Gasteiger partial charge in [0, 0.05) is 42.8 Å². The monoisotopic (exact) mass is 267 g/mol. The van der Waals surface area contributed by atoms with E-state index in [-0.39, 0.29) is 0 Å². The first-order valence-electron chi connectivity index (χ1n) is 6.42. The molecule has 102 valence electrons. The summed E-state index contributed by atoms with van der Waals surface area (Å²) in [6.45, 7) is 5.20. The van der Waals surface area contributed by atoms with Gasteiger partial charge in [-0.2, -0.15) is 11.8 Å². The summed E-state index contributed by atoms with van der Waals surface area (Å²) in [7, 11) is 4.15. The van der Waals surface area contributed by atoms with E-state index < -0.39 is 0 Å². The Labute approximate surface area is 115 Å². The molecule has 4 heteroatoms. The van der Waals surface area contributed by atoms with Crippen LogP contribution >= 0.6 is 11.8 Å². The van der Waals surface area contributed by atoms with Gasteiger partial charge in [-0.3, -0.25) is 4.98 Å². The Balaban J connectivity index is 2.87. The van der Waals surface area contributed by atoms with Crippen LogP contribution in [0.25, 0.3) is 0 Å². The lowest BCUT2D eigenvalue weighted by Gasteiger charge is -2.29. The van der Waals surface area contributed by atoms with Crippen LogP contribution in [0.2, 0.25) is 0 Å². The summed E-state index contributed by atoms with van der Waals surface area (Å²) < 4.78 is 0. The first-order chi connectivity index (χ1) is 8.60. The molecule has 0 aliphatic rings. The number of hydrogen-bond acceptors (Lipinski definition) is 4. The Morgan fingerprint density at radius 1 is 1.50 bits per heavy atom. The fourth-order valence-electron chi connectivity index (χ4n) is 1.95. The van der Waals surface area contributed by atoms with Crippen LogP contribution in [0.1, 0.15) is 24.6 Å². The predicted molar refractivity (Wildman–Crippen MR) is 82.6 cm³/mol. The molecule has 1 aromatic rings. The summed E-state index contributed by atoms with van der Waals surface area (Å²) >= 11 is 1.91. The van der Waals surface area contributed by atoms with Crippen molar-refractivity contribution in [1.82, 2.24) is 10.3 Å². The molecule has 0 aliphatic carbocycles. The number of rotatable bonds is 7. The highest BCUT2D eigenvalue weighted by Crippen LogP contribution is 2.23. The molecule has 0 aromatic carbocycles. The number of nitrogens with one attached hydrogen (secondary N) is 1. The summed E-state index contributed by atoms with van der Waals surface area (Å²) in [5, 5.41) is 3.21. The molecule has 0 spiro atoms. The van der Waals surface area contributed by atoms with E-state index in [1.807, 2.05) is 31.9 Å². The van der Waals surface area contributed by atoms with Gasteiger partial charge in [-0.25, -0.2) is 0 Å². The third kappa shape index (κ3) is 4.18. The van der Waals surface area contributed by atoms with Gasteiger partial charge in [0.2, 0.25) is 0 Å². The zero-order chi connectivity index (χ0) is 13.5. The van der Waals surface area contributed by atoms with E-state index in [4.69, 9.17) is 0 Å². The fourth-order valence-corrected chi connectivity index (χ4v) is 2.52. The van der Waals surface area contributed by atoms with Gasteiger partial charge in [0.15, 0.2) is 0 Å². The van der Waals surface area contributed by atoms with Crippen LogP contribution in [-0.4, -0.2) is 37.1 Å². The first-order valence-corrected chi connectivity index (χ1v) is 7.81. The van der Waals surface area contributed by atoms with Gasteiger partial charge >= 0.3 is 0 Å². The van der Waals surface area contributed by atoms with E-state index in [1.54, 1.807) is 0 Å². The number of aromatic nitrogens is 1. The third-order valence-corrected chi connectivity index (χ3v) is 3.89. The molecule has 1 heterocycles. The van der Waals surface area contributed by atoms with Crippen LogP contribution < -0.4 is 10.2 Å². The van der Waals surface area contributed by atoms with Crippen molar-refractivity contribution >= 4 is 17.4 Å². The van der Waals surface area contributed by atoms with E-state index in [0.717, 1.165) is 12.2 Å². The molecule has 0 radical (unpaired) electrons. The Morgan fingerprint density at radius 3 is 2.83 bits per heavy atom. The zero-order valence-electron chi connectivity index (χ0n) is 12.2. The summed E-state index contributed by atoms with van der Waals surface area (Å²) in [5.74, 6) is 1.21. The maximum absolute atomic E-state index is 4.39. The quantitative estimate of drug-likeness (QED) is 0.822. The maximum atomic E-state index is 4.39. The van der Waals surface area contributed by atoms with Crippen LogP contribution in [0.3, 0.4) is 0 Å². The van der Waals surface area contributed by atoms with Gasteiger partial charge < -0.3 is 10.2 Å². The molecule has 1 aromatic heterocycles. The Morgan fingerprint density at radius 2 is 2.22 bits per heavy atom. The molecule has 0 aliphatic heterocycles. The van der Waals surface area contributed by atoms with E-state index in [9.17, 15) is 0 Å².